The van der Waals surface area contributed by atoms with Crippen LogP contribution in [0.3, 0.4) is 0 Å². The first kappa shape index (κ1) is 18.7. The number of sulfonamides is 1. The largest absolute Gasteiger partial charge is 0.495 e. The molecule has 2 heterocycles. The van der Waals surface area contributed by atoms with Crippen molar-refractivity contribution in [3.8, 4) is 5.75 Å². The third kappa shape index (κ3) is 3.85. The maximum Gasteiger partial charge on any atom is 0.244 e. The lowest BCUT2D eigenvalue weighted by molar-refractivity contribution is 0.401. The zero-order valence-electron chi connectivity index (χ0n) is 14.9. The number of hydrogen-bond acceptors (Lipinski definition) is 5. The van der Waals surface area contributed by atoms with Gasteiger partial charge in [0.15, 0.2) is 0 Å². The highest BCUT2D eigenvalue weighted by atomic mass is 32.2. The lowest BCUT2D eigenvalue weighted by Crippen LogP contribution is -2.29. The molecule has 0 bridgehead atoms. The Morgan fingerprint density at radius 2 is 1.96 bits per heavy atom. The molecule has 1 N–H and O–H groups in total. The quantitative estimate of drug-likeness (QED) is 0.659. The van der Waals surface area contributed by atoms with E-state index in [1.165, 1.54) is 7.11 Å². The fraction of sp³-hybridized carbons (Fsp3) is 0.263. The Morgan fingerprint density at radius 3 is 2.58 bits per heavy atom. The van der Waals surface area contributed by atoms with Crippen molar-refractivity contribution in [2.45, 2.75) is 24.7 Å². The summed E-state index contributed by atoms with van der Waals surface area (Å²) in [5.74, 6) is 0.880. The molecule has 0 saturated carbocycles. The van der Waals surface area contributed by atoms with Gasteiger partial charge in [-0.05, 0) is 60.7 Å². The van der Waals surface area contributed by atoms with Gasteiger partial charge in [-0.15, -0.1) is 11.3 Å². The minimum Gasteiger partial charge on any atom is -0.495 e. The van der Waals surface area contributed by atoms with E-state index >= 15 is 0 Å². The molecule has 7 heteroatoms. The van der Waals surface area contributed by atoms with Gasteiger partial charge in [-0.25, -0.2) is 13.1 Å². The van der Waals surface area contributed by atoms with Gasteiger partial charge < -0.3 is 9.15 Å². The van der Waals surface area contributed by atoms with E-state index in [4.69, 9.17) is 9.15 Å². The van der Waals surface area contributed by atoms with E-state index in [1.807, 2.05) is 37.4 Å². The predicted molar refractivity (Wildman–Crippen MR) is 103 cm³/mol. The topological polar surface area (TPSA) is 68.5 Å². The number of hydrogen-bond donors (Lipinski definition) is 1. The fourth-order valence-electron chi connectivity index (χ4n) is 2.72. The molecule has 0 spiro atoms. The Bertz CT molecular complexity index is 927. The van der Waals surface area contributed by atoms with E-state index in [-0.39, 0.29) is 17.4 Å². The minimum atomic E-state index is -3.73. The van der Waals surface area contributed by atoms with Gasteiger partial charge in [-0.3, -0.25) is 0 Å². The van der Waals surface area contributed by atoms with Crippen LogP contribution >= 0.6 is 11.3 Å². The molecule has 1 aromatic carbocycles. The summed E-state index contributed by atoms with van der Waals surface area (Å²) >= 11 is 1.57. The fourth-order valence-corrected chi connectivity index (χ4v) is 4.84. The number of methoxy groups -OCH3 is 1. The zero-order chi connectivity index (χ0) is 18.7. The van der Waals surface area contributed by atoms with Crippen LogP contribution < -0.4 is 9.46 Å². The van der Waals surface area contributed by atoms with Gasteiger partial charge in [0.25, 0.3) is 0 Å². The molecule has 0 aliphatic heterocycles. The molecule has 2 aromatic heterocycles. The van der Waals surface area contributed by atoms with Gasteiger partial charge in [0.2, 0.25) is 10.0 Å². The van der Waals surface area contributed by atoms with E-state index in [9.17, 15) is 8.42 Å². The van der Waals surface area contributed by atoms with Crippen molar-refractivity contribution < 1.29 is 17.6 Å². The maximum absolute atomic E-state index is 12.9. The molecule has 1 atom stereocenters. The highest BCUT2D eigenvalue weighted by Crippen LogP contribution is 2.30. The monoisotopic (exact) mass is 391 g/mol. The highest BCUT2D eigenvalue weighted by molar-refractivity contribution is 7.89. The van der Waals surface area contributed by atoms with Crippen molar-refractivity contribution in [3.05, 3.63) is 69.8 Å². The number of thiophene rings is 1. The van der Waals surface area contributed by atoms with Crippen LogP contribution in [0, 0.1) is 13.8 Å². The minimum absolute atomic E-state index is 0.146. The van der Waals surface area contributed by atoms with E-state index in [0.29, 0.717) is 5.75 Å². The molecule has 0 amide bonds. The summed E-state index contributed by atoms with van der Waals surface area (Å²) in [4.78, 5) is 1.18. The van der Waals surface area contributed by atoms with Crippen LogP contribution in [-0.2, 0) is 10.0 Å². The molecule has 26 heavy (non-hydrogen) atoms. The molecule has 3 aromatic rings. The van der Waals surface area contributed by atoms with Crippen molar-refractivity contribution in [1.29, 1.82) is 0 Å². The number of furan rings is 1. The van der Waals surface area contributed by atoms with E-state index in [0.717, 1.165) is 21.8 Å². The first-order chi connectivity index (χ1) is 12.4. The smallest absolute Gasteiger partial charge is 0.244 e. The number of ether oxygens (including phenoxy) is 1. The third-order valence-electron chi connectivity index (χ3n) is 4.32. The number of rotatable bonds is 7. The normalized spacial score (nSPS) is 12.9. The Kier molecular flexibility index (Phi) is 5.50. The van der Waals surface area contributed by atoms with Crippen molar-refractivity contribution >= 4 is 21.4 Å². The van der Waals surface area contributed by atoms with Crippen LogP contribution in [0.1, 0.15) is 27.7 Å². The molecule has 0 radical (unpaired) electrons. The van der Waals surface area contributed by atoms with E-state index < -0.39 is 10.0 Å². The van der Waals surface area contributed by atoms with Crippen molar-refractivity contribution in [2.75, 3.05) is 13.7 Å². The first-order valence-electron chi connectivity index (χ1n) is 8.14. The molecular formula is C19H21NO4S2. The molecule has 5 nitrogen and oxygen atoms in total. The molecule has 0 saturated heterocycles. The van der Waals surface area contributed by atoms with Gasteiger partial charge in [0.05, 0.1) is 19.3 Å². The number of aryl methyl sites for hydroxylation is 2. The van der Waals surface area contributed by atoms with Crippen molar-refractivity contribution in [2.24, 2.45) is 0 Å². The van der Waals surface area contributed by atoms with Gasteiger partial charge in [-0.1, -0.05) is 6.07 Å². The average molecular weight is 392 g/mol. The average Bonchev–Trinajstić information content (AvgIpc) is 3.31. The van der Waals surface area contributed by atoms with Crippen LogP contribution in [0.5, 0.6) is 5.75 Å². The lowest BCUT2D eigenvalue weighted by atomic mass is 10.1. The summed E-state index contributed by atoms with van der Waals surface area (Å²) in [5, 5.41) is 1.96. The van der Waals surface area contributed by atoms with Crippen LogP contribution in [0.25, 0.3) is 0 Å². The molecule has 138 valence electrons. The second kappa shape index (κ2) is 7.65. The zero-order valence-corrected chi connectivity index (χ0v) is 16.5. The summed E-state index contributed by atoms with van der Waals surface area (Å²) in [7, 11) is -2.26. The summed E-state index contributed by atoms with van der Waals surface area (Å²) in [5.41, 5.74) is 1.87. The summed E-state index contributed by atoms with van der Waals surface area (Å²) < 4.78 is 39.3. The lowest BCUT2D eigenvalue weighted by Gasteiger charge is -2.16. The summed E-state index contributed by atoms with van der Waals surface area (Å²) in [6.45, 7) is 4.00. The molecule has 0 aliphatic rings. The Balaban J connectivity index is 1.89. The summed E-state index contributed by atoms with van der Waals surface area (Å²) in [6.07, 6.45) is 1.59. The second-order valence-electron chi connectivity index (χ2n) is 6.02. The summed E-state index contributed by atoms with van der Waals surface area (Å²) in [6, 6.07) is 11.0. The Hall–Kier alpha value is -2.09. The van der Waals surface area contributed by atoms with Crippen LogP contribution in [-0.4, -0.2) is 22.1 Å². The second-order valence-corrected chi connectivity index (χ2v) is 8.74. The van der Waals surface area contributed by atoms with Gasteiger partial charge in [0, 0.05) is 11.4 Å². The standard InChI is InChI=1S/C19H21NO4S2/c1-13-10-17(23-3)19(11-14(13)2)26(21,22)20-12-15(16-6-4-8-24-16)18-7-5-9-25-18/h4-11,15,20H,12H2,1-3H3. The van der Waals surface area contributed by atoms with Crippen molar-refractivity contribution in [1.82, 2.24) is 4.72 Å². The molecule has 1 unspecified atom stereocenters. The molecular weight excluding hydrogens is 370 g/mol. The Morgan fingerprint density at radius 1 is 1.19 bits per heavy atom. The maximum atomic E-state index is 12.9. The van der Waals surface area contributed by atoms with Gasteiger partial charge in [-0.2, -0.15) is 0 Å². The first-order valence-corrected chi connectivity index (χ1v) is 10.5. The van der Waals surface area contributed by atoms with Crippen LogP contribution in [0.15, 0.2) is 57.4 Å². The van der Waals surface area contributed by atoms with Gasteiger partial charge >= 0.3 is 0 Å². The van der Waals surface area contributed by atoms with Gasteiger partial charge in [0.1, 0.15) is 16.4 Å². The molecule has 3 rings (SSSR count). The number of benzene rings is 1. The highest BCUT2D eigenvalue weighted by Gasteiger charge is 2.25. The van der Waals surface area contributed by atoms with E-state index in [1.54, 1.807) is 35.8 Å². The molecule has 0 aliphatic carbocycles. The number of nitrogens with one attached hydrogen (secondary N) is 1. The Labute approximate surface area is 157 Å². The third-order valence-corrected chi connectivity index (χ3v) is 6.75. The van der Waals surface area contributed by atoms with Crippen LogP contribution in [0.4, 0.5) is 0 Å². The SMILES string of the molecule is COc1cc(C)c(C)cc1S(=O)(=O)NCC(c1ccco1)c1cccs1. The van der Waals surface area contributed by atoms with Crippen LogP contribution in [0.2, 0.25) is 0 Å². The van der Waals surface area contributed by atoms with Crippen molar-refractivity contribution in [3.63, 3.8) is 0 Å². The van der Waals surface area contributed by atoms with E-state index in [2.05, 4.69) is 4.72 Å². The predicted octanol–water partition coefficient (Wildman–Crippen LogP) is 4.08. The molecule has 0 fully saturated rings.